The van der Waals surface area contributed by atoms with Gasteiger partial charge in [0.05, 0.1) is 11.9 Å². The van der Waals surface area contributed by atoms with Crippen LogP contribution < -0.4 is 0 Å². The summed E-state index contributed by atoms with van der Waals surface area (Å²) in [5.41, 5.74) is 0.761. The van der Waals surface area contributed by atoms with E-state index in [9.17, 15) is 13.5 Å². The normalized spacial score (nSPS) is 13.5. The fraction of sp³-hybridized carbons (Fsp3) is 0.400. The van der Waals surface area contributed by atoms with Crippen molar-refractivity contribution in [1.82, 2.24) is 4.98 Å². The zero-order valence-electron chi connectivity index (χ0n) is 11.5. The molecule has 0 spiro atoms. The van der Waals surface area contributed by atoms with Gasteiger partial charge in [-0.15, -0.1) is 0 Å². The maximum Gasteiger partial charge on any atom is 0.150 e. The monoisotopic (exact) mass is 293 g/mol. The van der Waals surface area contributed by atoms with E-state index in [-0.39, 0.29) is 11.5 Å². The van der Waals surface area contributed by atoms with E-state index in [1.165, 1.54) is 0 Å². The van der Waals surface area contributed by atoms with E-state index < -0.39 is 15.9 Å². The molecule has 0 amide bonds. The summed E-state index contributed by atoms with van der Waals surface area (Å²) in [7, 11) is -2.97. The van der Waals surface area contributed by atoms with Gasteiger partial charge in [0.25, 0.3) is 0 Å². The van der Waals surface area contributed by atoms with Gasteiger partial charge in [0.1, 0.15) is 9.84 Å². The van der Waals surface area contributed by atoms with Gasteiger partial charge in [-0.25, -0.2) is 8.42 Å². The van der Waals surface area contributed by atoms with Gasteiger partial charge in [-0.2, -0.15) is 0 Å². The number of aromatic nitrogens is 1. The molecule has 108 valence electrons. The minimum atomic E-state index is -2.97. The molecular weight excluding hydrogens is 274 g/mol. The van der Waals surface area contributed by atoms with Crippen LogP contribution in [0, 0.1) is 0 Å². The summed E-state index contributed by atoms with van der Waals surface area (Å²) in [5, 5.41) is 12.2. The van der Waals surface area contributed by atoms with Gasteiger partial charge in [-0.3, -0.25) is 4.98 Å². The first-order valence-electron chi connectivity index (χ1n) is 6.74. The molecule has 4 nitrogen and oxygen atoms in total. The highest BCUT2D eigenvalue weighted by Crippen LogP contribution is 2.26. The summed E-state index contributed by atoms with van der Waals surface area (Å²) in [4.78, 5) is 4.13. The number of fused-ring (bicyclic) bond motifs is 1. The average Bonchev–Trinajstić information content (AvgIpc) is 2.46. The minimum absolute atomic E-state index is 0.124. The molecule has 1 aromatic heterocycles. The van der Waals surface area contributed by atoms with Crippen molar-refractivity contribution in [3.05, 3.63) is 42.2 Å². The molecule has 0 radical (unpaired) electrons. The van der Waals surface area contributed by atoms with E-state index >= 15 is 0 Å². The summed E-state index contributed by atoms with van der Waals surface area (Å²) in [6, 6.07) is 7.73. The molecule has 2 aromatic rings. The van der Waals surface area contributed by atoms with Crippen LogP contribution in [0.25, 0.3) is 10.8 Å². The third-order valence-electron chi connectivity index (χ3n) is 3.43. The predicted molar refractivity (Wildman–Crippen MR) is 80.3 cm³/mol. The lowest BCUT2D eigenvalue weighted by molar-refractivity contribution is 0.168. The fourth-order valence-corrected chi connectivity index (χ4v) is 3.10. The molecular formula is C15H19NO3S. The number of benzene rings is 1. The number of hydrogen-bond donors (Lipinski definition) is 1. The number of hydrogen-bond acceptors (Lipinski definition) is 4. The highest BCUT2D eigenvalue weighted by atomic mass is 32.2. The molecule has 1 aromatic carbocycles. The predicted octanol–water partition coefficient (Wildman–Crippen LogP) is 2.48. The van der Waals surface area contributed by atoms with Crippen molar-refractivity contribution >= 4 is 20.6 Å². The molecule has 20 heavy (non-hydrogen) atoms. The van der Waals surface area contributed by atoms with Gasteiger partial charge in [-0.1, -0.05) is 31.2 Å². The van der Waals surface area contributed by atoms with Crippen molar-refractivity contribution in [2.45, 2.75) is 25.9 Å². The summed E-state index contributed by atoms with van der Waals surface area (Å²) in [6.07, 6.45) is 3.62. The van der Waals surface area contributed by atoms with Gasteiger partial charge in [0.15, 0.2) is 0 Å². The van der Waals surface area contributed by atoms with Crippen molar-refractivity contribution < 1.29 is 13.5 Å². The first-order valence-corrected chi connectivity index (χ1v) is 8.57. The molecule has 0 saturated carbocycles. The molecule has 0 aliphatic carbocycles. The van der Waals surface area contributed by atoms with Crippen LogP contribution in [0.15, 0.2) is 36.7 Å². The van der Waals surface area contributed by atoms with Gasteiger partial charge in [-0.05, 0) is 18.2 Å². The Balaban J connectivity index is 2.10. The molecule has 1 atom stereocenters. The van der Waals surface area contributed by atoms with Crippen LogP contribution in [0.2, 0.25) is 0 Å². The zero-order chi connectivity index (χ0) is 14.6. The zero-order valence-corrected chi connectivity index (χ0v) is 12.3. The highest BCUT2D eigenvalue weighted by Gasteiger charge is 2.14. The molecule has 1 heterocycles. The van der Waals surface area contributed by atoms with Crippen molar-refractivity contribution in [2.24, 2.45) is 0 Å². The quantitative estimate of drug-likeness (QED) is 0.888. The van der Waals surface area contributed by atoms with E-state index in [1.807, 2.05) is 24.3 Å². The number of aliphatic hydroxyl groups excluding tert-OH is 1. The molecule has 2 rings (SSSR count). The summed E-state index contributed by atoms with van der Waals surface area (Å²) >= 11 is 0. The Morgan fingerprint density at radius 2 is 2.00 bits per heavy atom. The Morgan fingerprint density at radius 1 is 1.25 bits per heavy atom. The lowest BCUT2D eigenvalue weighted by Gasteiger charge is -2.13. The second-order valence-electron chi connectivity index (χ2n) is 4.84. The Kier molecular flexibility index (Phi) is 4.73. The summed E-state index contributed by atoms with van der Waals surface area (Å²) in [5.74, 6) is 0.275. The molecule has 1 unspecified atom stereocenters. The van der Waals surface area contributed by atoms with Crippen LogP contribution in [0.3, 0.4) is 0 Å². The summed E-state index contributed by atoms with van der Waals surface area (Å²) < 4.78 is 22.9. The molecule has 5 heteroatoms. The van der Waals surface area contributed by atoms with Crippen molar-refractivity contribution in [3.8, 4) is 0 Å². The molecule has 0 aliphatic heterocycles. The Hall–Kier alpha value is -1.46. The Morgan fingerprint density at radius 3 is 2.75 bits per heavy atom. The maximum absolute atomic E-state index is 11.4. The molecule has 1 N–H and O–H groups in total. The SMILES string of the molecule is CCS(=O)(=O)CCCC(O)c1cncc2ccccc12. The van der Waals surface area contributed by atoms with Gasteiger partial charge in [0, 0.05) is 29.1 Å². The van der Waals surface area contributed by atoms with Crippen LogP contribution >= 0.6 is 0 Å². The second kappa shape index (κ2) is 6.33. The standard InChI is InChI=1S/C15H19NO3S/c1-2-20(18,19)9-5-8-15(17)14-11-16-10-12-6-3-4-7-13(12)14/h3-4,6-7,10-11,15,17H,2,5,8-9H2,1H3. The second-order valence-corrected chi connectivity index (χ2v) is 7.32. The molecule has 0 aliphatic rings. The van der Waals surface area contributed by atoms with Crippen molar-refractivity contribution in [3.63, 3.8) is 0 Å². The number of pyridine rings is 1. The first kappa shape index (κ1) is 14.9. The van der Waals surface area contributed by atoms with Crippen LogP contribution in [0.5, 0.6) is 0 Å². The van der Waals surface area contributed by atoms with Crippen LogP contribution in [0.1, 0.15) is 31.4 Å². The third-order valence-corrected chi connectivity index (χ3v) is 5.22. The molecule has 0 fully saturated rings. The lowest BCUT2D eigenvalue weighted by atomic mass is 10.0. The largest absolute Gasteiger partial charge is 0.388 e. The van der Waals surface area contributed by atoms with E-state index in [1.54, 1.807) is 19.3 Å². The number of nitrogens with zero attached hydrogens (tertiary/aromatic N) is 1. The first-order chi connectivity index (χ1) is 9.53. The van der Waals surface area contributed by atoms with Crippen LogP contribution in [-0.2, 0) is 9.84 Å². The van der Waals surface area contributed by atoms with E-state index in [2.05, 4.69) is 4.98 Å². The molecule has 0 bridgehead atoms. The third kappa shape index (κ3) is 3.55. The topological polar surface area (TPSA) is 67.3 Å². The van der Waals surface area contributed by atoms with Gasteiger partial charge < -0.3 is 5.11 Å². The lowest BCUT2D eigenvalue weighted by Crippen LogP contribution is -2.10. The highest BCUT2D eigenvalue weighted by molar-refractivity contribution is 7.91. The smallest absolute Gasteiger partial charge is 0.150 e. The van der Waals surface area contributed by atoms with Gasteiger partial charge >= 0.3 is 0 Å². The maximum atomic E-state index is 11.4. The Bertz CT molecular complexity index is 677. The number of rotatable bonds is 6. The van der Waals surface area contributed by atoms with E-state index in [4.69, 9.17) is 0 Å². The average molecular weight is 293 g/mol. The van der Waals surface area contributed by atoms with E-state index in [0.29, 0.717) is 12.8 Å². The summed E-state index contributed by atoms with van der Waals surface area (Å²) in [6.45, 7) is 1.64. The van der Waals surface area contributed by atoms with Crippen molar-refractivity contribution in [2.75, 3.05) is 11.5 Å². The number of sulfone groups is 1. The fourth-order valence-electron chi connectivity index (χ4n) is 2.20. The number of aliphatic hydroxyl groups is 1. The Labute approximate surface area is 119 Å². The minimum Gasteiger partial charge on any atom is -0.388 e. The van der Waals surface area contributed by atoms with E-state index in [0.717, 1.165) is 16.3 Å². The van der Waals surface area contributed by atoms with Crippen molar-refractivity contribution in [1.29, 1.82) is 0 Å². The molecule has 0 saturated heterocycles. The van der Waals surface area contributed by atoms with Crippen LogP contribution in [-0.4, -0.2) is 30.0 Å². The van der Waals surface area contributed by atoms with Crippen LogP contribution in [0.4, 0.5) is 0 Å². The van der Waals surface area contributed by atoms with Gasteiger partial charge in [0.2, 0.25) is 0 Å².